The minimum Gasteiger partial charge on any atom is -0.476 e. The quantitative estimate of drug-likeness (QED) is 0.669. The van der Waals surface area contributed by atoms with Crippen LogP contribution in [0, 0.1) is 0 Å². The van der Waals surface area contributed by atoms with Crippen LogP contribution in [0.5, 0.6) is 0 Å². The number of carbonyl (C=O) groups is 2. The van der Waals surface area contributed by atoms with Crippen LogP contribution in [-0.4, -0.2) is 28.8 Å². The summed E-state index contributed by atoms with van der Waals surface area (Å²) < 4.78 is 10.3. The van der Waals surface area contributed by atoms with Gasteiger partial charge in [-0.25, -0.2) is 9.59 Å². The molecule has 0 spiro atoms. The van der Waals surface area contributed by atoms with E-state index in [-0.39, 0.29) is 30.4 Å². The Labute approximate surface area is 154 Å². The molecule has 7 nitrogen and oxygen atoms in total. The van der Waals surface area contributed by atoms with Crippen molar-refractivity contribution >= 4 is 11.9 Å². The van der Waals surface area contributed by atoms with Crippen LogP contribution in [0.1, 0.15) is 43.7 Å². The minimum absolute atomic E-state index is 0.00961. The number of carboxylic acids is 1. The van der Waals surface area contributed by atoms with Gasteiger partial charge in [-0.3, -0.25) is 0 Å². The van der Waals surface area contributed by atoms with Crippen LogP contribution in [-0.2, 0) is 11.3 Å². The molecule has 0 bridgehead atoms. The highest BCUT2D eigenvalue weighted by Gasteiger charge is 2.32. The summed E-state index contributed by atoms with van der Waals surface area (Å²) in [5.41, 5.74) is 9.13. The number of benzene rings is 2. The molecule has 0 saturated carbocycles. The number of aromatic nitrogens is 1. The number of carbonyl (C=O) groups excluding carboxylic acids is 1. The van der Waals surface area contributed by atoms with E-state index in [1.54, 1.807) is 0 Å². The summed E-state index contributed by atoms with van der Waals surface area (Å²) in [5, 5.41) is 12.6. The van der Waals surface area contributed by atoms with E-state index in [1.807, 2.05) is 48.5 Å². The molecule has 136 valence electrons. The summed E-state index contributed by atoms with van der Waals surface area (Å²) in [7, 11) is 0. The maximum atomic E-state index is 12.6. The first-order valence-corrected chi connectivity index (χ1v) is 8.39. The Morgan fingerprint density at radius 1 is 1.07 bits per heavy atom. The van der Waals surface area contributed by atoms with E-state index < -0.39 is 17.6 Å². The summed E-state index contributed by atoms with van der Waals surface area (Å²) >= 11 is 0. The van der Waals surface area contributed by atoms with Crippen LogP contribution in [0.4, 0.5) is 0 Å². The van der Waals surface area contributed by atoms with E-state index in [2.05, 4.69) is 5.16 Å². The zero-order valence-electron chi connectivity index (χ0n) is 14.2. The summed E-state index contributed by atoms with van der Waals surface area (Å²) in [6.07, 6.45) is 0. The molecule has 4 rings (SSSR count). The van der Waals surface area contributed by atoms with Crippen molar-refractivity contribution in [2.24, 2.45) is 5.73 Å². The number of fused-ring (bicyclic) bond motifs is 3. The number of ether oxygens (including phenoxy) is 1. The Morgan fingerprint density at radius 3 is 2.22 bits per heavy atom. The zero-order valence-corrected chi connectivity index (χ0v) is 14.2. The lowest BCUT2D eigenvalue weighted by molar-refractivity contribution is 0.0481. The van der Waals surface area contributed by atoms with Gasteiger partial charge in [-0.15, -0.1) is 0 Å². The monoisotopic (exact) mass is 364 g/mol. The number of nitrogens with zero attached hydrogens (tertiary/aromatic N) is 1. The Morgan fingerprint density at radius 2 is 1.67 bits per heavy atom. The van der Waals surface area contributed by atoms with Gasteiger partial charge >= 0.3 is 11.9 Å². The Hall–Kier alpha value is -3.45. The molecule has 0 radical (unpaired) electrons. The van der Waals surface area contributed by atoms with Crippen molar-refractivity contribution in [3.05, 3.63) is 76.7 Å². The van der Waals surface area contributed by atoms with E-state index in [1.165, 1.54) is 0 Å². The summed E-state index contributed by atoms with van der Waals surface area (Å²) in [6, 6.07) is 15.9. The topological polar surface area (TPSA) is 116 Å². The predicted octanol–water partition coefficient (Wildman–Crippen LogP) is 2.80. The van der Waals surface area contributed by atoms with Gasteiger partial charge in [-0.1, -0.05) is 53.7 Å². The molecule has 0 unspecified atom stereocenters. The van der Waals surface area contributed by atoms with Crippen molar-refractivity contribution in [3.63, 3.8) is 0 Å². The second kappa shape index (κ2) is 6.69. The molecule has 3 N–H and O–H groups in total. The molecule has 3 aromatic rings. The molecule has 0 fully saturated rings. The van der Waals surface area contributed by atoms with E-state index >= 15 is 0 Å². The van der Waals surface area contributed by atoms with Gasteiger partial charge in [0, 0.05) is 5.92 Å². The third-order valence-electron chi connectivity index (χ3n) is 4.70. The van der Waals surface area contributed by atoms with E-state index in [0.717, 1.165) is 22.3 Å². The first kappa shape index (κ1) is 17.0. The fourth-order valence-electron chi connectivity index (χ4n) is 3.49. The van der Waals surface area contributed by atoms with Gasteiger partial charge < -0.3 is 20.1 Å². The lowest BCUT2D eigenvalue weighted by atomic mass is 9.98. The number of carboxylic acid groups (broad SMARTS) is 1. The van der Waals surface area contributed by atoms with Crippen molar-refractivity contribution < 1.29 is 24.0 Å². The first-order chi connectivity index (χ1) is 13.1. The van der Waals surface area contributed by atoms with Gasteiger partial charge in [0.2, 0.25) is 5.69 Å². The highest BCUT2D eigenvalue weighted by atomic mass is 16.5. The average Bonchev–Trinajstić information content (AvgIpc) is 3.26. The maximum Gasteiger partial charge on any atom is 0.359 e. The number of rotatable bonds is 5. The van der Waals surface area contributed by atoms with Gasteiger partial charge in [0.05, 0.1) is 6.54 Å². The Bertz CT molecular complexity index is 995. The third kappa shape index (κ3) is 2.78. The molecule has 1 heterocycles. The van der Waals surface area contributed by atoms with Crippen molar-refractivity contribution in [1.29, 1.82) is 0 Å². The second-order valence-corrected chi connectivity index (χ2v) is 6.16. The number of hydrogen-bond donors (Lipinski definition) is 2. The zero-order chi connectivity index (χ0) is 19.0. The molecule has 0 aliphatic heterocycles. The normalized spacial score (nSPS) is 12.5. The van der Waals surface area contributed by atoms with Crippen LogP contribution in [0.15, 0.2) is 53.1 Å². The first-order valence-electron chi connectivity index (χ1n) is 8.39. The molecule has 7 heteroatoms. The molecule has 0 saturated heterocycles. The summed E-state index contributed by atoms with van der Waals surface area (Å²) in [4.78, 5) is 23.8. The van der Waals surface area contributed by atoms with Crippen LogP contribution in [0.3, 0.4) is 0 Å². The summed E-state index contributed by atoms with van der Waals surface area (Å²) in [6.45, 7) is -0.0824. The van der Waals surface area contributed by atoms with E-state index in [0.29, 0.717) is 0 Å². The molecule has 1 aliphatic rings. The Kier molecular flexibility index (Phi) is 4.21. The number of aromatic carboxylic acids is 1. The van der Waals surface area contributed by atoms with E-state index in [9.17, 15) is 14.7 Å². The van der Waals surface area contributed by atoms with Crippen molar-refractivity contribution in [1.82, 2.24) is 5.16 Å². The largest absolute Gasteiger partial charge is 0.476 e. The lowest BCUT2D eigenvalue weighted by Gasteiger charge is -2.14. The SMILES string of the molecule is NCc1onc(C(=O)O)c1C(=O)OCC1c2ccccc2-c2ccccc21. The van der Waals surface area contributed by atoms with Gasteiger partial charge in [-0.05, 0) is 22.3 Å². The lowest BCUT2D eigenvalue weighted by Crippen LogP contribution is -2.17. The summed E-state index contributed by atoms with van der Waals surface area (Å²) in [5.74, 6) is -2.32. The molecule has 27 heavy (non-hydrogen) atoms. The molecule has 2 aromatic carbocycles. The van der Waals surface area contributed by atoms with Crippen LogP contribution >= 0.6 is 0 Å². The van der Waals surface area contributed by atoms with Gasteiger partial charge in [0.25, 0.3) is 0 Å². The fraction of sp³-hybridized carbons (Fsp3) is 0.150. The second-order valence-electron chi connectivity index (χ2n) is 6.16. The highest BCUT2D eigenvalue weighted by Crippen LogP contribution is 2.44. The fourth-order valence-corrected chi connectivity index (χ4v) is 3.49. The van der Waals surface area contributed by atoms with E-state index in [4.69, 9.17) is 15.0 Å². The number of esters is 1. The van der Waals surface area contributed by atoms with Crippen molar-refractivity contribution in [3.8, 4) is 11.1 Å². The highest BCUT2D eigenvalue weighted by molar-refractivity contribution is 6.01. The van der Waals surface area contributed by atoms with Crippen LogP contribution in [0.2, 0.25) is 0 Å². The number of nitrogens with two attached hydrogens (primary N) is 1. The van der Waals surface area contributed by atoms with Gasteiger partial charge in [-0.2, -0.15) is 0 Å². The molecular weight excluding hydrogens is 348 g/mol. The van der Waals surface area contributed by atoms with Gasteiger partial charge in [0.15, 0.2) is 5.76 Å². The standard InChI is InChI=1S/C20H16N2O5/c21-9-16-17(18(19(23)24)22-27-16)20(25)26-10-15-13-7-3-1-5-11(13)12-6-2-4-8-14(12)15/h1-8,15H,9-10,21H2,(H,23,24). The maximum absolute atomic E-state index is 12.6. The van der Waals surface area contributed by atoms with Crippen LogP contribution < -0.4 is 5.73 Å². The molecule has 1 aromatic heterocycles. The van der Waals surface area contributed by atoms with Gasteiger partial charge in [0.1, 0.15) is 12.2 Å². The number of hydrogen-bond acceptors (Lipinski definition) is 6. The van der Waals surface area contributed by atoms with Crippen molar-refractivity contribution in [2.75, 3.05) is 6.61 Å². The Balaban J connectivity index is 1.62. The van der Waals surface area contributed by atoms with Crippen LogP contribution in [0.25, 0.3) is 11.1 Å². The molecule has 0 atom stereocenters. The molecular formula is C20H16N2O5. The average molecular weight is 364 g/mol. The van der Waals surface area contributed by atoms with Crippen molar-refractivity contribution in [2.45, 2.75) is 12.5 Å². The molecule has 0 amide bonds. The minimum atomic E-state index is -1.37. The third-order valence-corrected chi connectivity index (χ3v) is 4.70. The predicted molar refractivity (Wildman–Crippen MR) is 95.4 cm³/mol. The smallest absolute Gasteiger partial charge is 0.359 e. The molecule has 1 aliphatic carbocycles.